The quantitative estimate of drug-likeness (QED) is 0.812. The second kappa shape index (κ2) is 6.58. The lowest BCUT2D eigenvalue weighted by Gasteiger charge is -2.20. The van der Waals surface area contributed by atoms with Crippen molar-refractivity contribution in [1.82, 2.24) is 24.8 Å². The van der Waals surface area contributed by atoms with Crippen molar-refractivity contribution in [2.24, 2.45) is 0 Å². The summed E-state index contributed by atoms with van der Waals surface area (Å²) >= 11 is 0. The fourth-order valence-electron chi connectivity index (χ4n) is 2.99. The SMILES string of the molecule is CCCn1cc(CN2C[C@H](OC)C[C@@H]2c2nc(C)no2)cn1. The van der Waals surface area contributed by atoms with Crippen molar-refractivity contribution in [2.75, 3.05) is 13.7 Å². The summed E-state index contributed by atoms with van der Waals surface area (Å²) in [7, 11) is 1.75. The molecule has 0 spiro atoms. The van der Waals surface area contributed by atoms with Crippen molar-refractivity contribution in [2.45, 2.75) is 51.9 Å². The van der Waals surface area contributed by atoms with E-state index in [1.807, 2.05) is 17.8 Å². The number of hydrogen-bond acceptors (Lipinski definition) is 6. The highest BCUT2D eigenvalue weighted by molar-refractivity contribution is 5.07. The molecule has 1 aliphatic rings. The molecule has 2 aromatic heterocycles. The molecule has 0 amide bonds. The van der Waals surface area contributed by atoms with Crippen LogP contribution in [-0.4, -0.2) is 44.6 Å². The van der Waals surface area contributed by atoms with Gasteiger partial charge in [0, 0.05) is 38.5 Å². The maximum atomic E-state index is 5.53. The molecule has 0 unspecified atom stereocenters. The van der Waals surface area contributed by atoms with Crippen molar-refractivity contribution in [3.05, 3.63) is 29.7 Å². The molecule has 7 heteroatoms. The van der Waals surface area contributed by atoms with Crippen LogP contribution in [0.25, 0.3) is 0 Å². The van der Waals surface area contributed by atoms with Crippen LogP contribution in [0.1, 0.15) is 43.1 Å². The van der Waals surface area contributed by atoms with Gasteiger partial charge in [-0.05, 0) is 19.8 Å². The topological polar surface area (TPSA) is 69.2 Å². The number of aryl methyl sites for hydroxylation is 2. The molecule has 0 N–H and O–H groups in total. The highest BCUT2D eigenvalue weighted by Gasteiger charge is 2.36. The summed E-state index contributed by atoms with van der Waals surface area (Å²) in [6.07, 6.45) is 6.20. The molecule has 2 aromatic rings. The van der Waals surface area contributed by atoms with Gasteiger partial charge in [-0.3, -0.25) is 9.58 Å². The molecule has 22 heavy (non-hydrogen) atoms. The van der Waals surface area contributed by atoms with Crippen LogP contribution in [0.2, 0.25) is 0 Å². The third kappa shape index (κ3) is 3.20. The molecule has 0 radical (unpaired) electrons. The summed E-state index contributed by atoms with van der Waals surface area (Å²) in [6, 6.07) is 0.112. The van der Waals surface area contributed by atoms with Gasteiger partial charge < -0.3 is 9.26 Å². The predicted molar refractivity (Wildman–Crippen MR) is 80.1 cm³/mol. The van der Waals surface area contributed by atoms with E-state index in [9.17, 15) is 0 Å². The first kappa shape index (κ1) is 15.2. The van der Waals surface area contributed by atoms with Crippen LogP contribution < -0.4 is 0 Å². The molecule has 1 fully saturated rings. The zero-order chi connectivity index (χ0) is 15.5. The Bertz CT molecular complexity index is 609. The van der Waals surface area contributed by atoms with Gasteiger partial charge >= 0.3 is 0 Å². The summed E-state index contributed by atoms with van der Waals surface area (Å²) in [5.74, 6) is 1.35. The molecule has 1 aliphatic heterocycles. The monoisotopic (exact) mass is 305 g/mol. The van der Waals surface area contributed by atoms with E-state index in [2.05, 4.69) is 33.3 Å². The lowest BCUT2D eigenvalue weighted by atomic mass is 10.2. The van der Waals surface area contributed by atoms with Gasteiger partial charge in [0.25, 0.3) is 0 Å². The van der Waals surface area contributed by atoms with Crippen LogP contribution in [0.15, 0.2) is 16.9 Å². The maximum Gasteiger partial charge on any atom is 0.244 e. The third-order valence-corrected chi connectivity index (χ3v) is 4.05. The van der Waals surface area contributed by atoms with Gasteiger partial charge in [0.1, 0.15) is 0 Å². The van der Waals surface area contributed by atoms with Crippen LogP contribution in [0.5, 0.6) is 0 Å². The Labute approximate surface area is 130 Å². The minimum absolute atomic E-state index is 0.112. The first-order chi connectivity index (χ1) is 10.7. The van der Waals surface area contributed by atoms with Crippen LogP contribution >= 0.6 is 0 Å². The number of ether oxygens (including phenoxy) is 1. The van der Waals surface area contributed by atoms with Crippen molar-refractivity contribution in [3.8, 4) is 0 Å². The first-order valence-electron chi connectivity index (χ1n) is 7.78. The van der Waals surface area contributed by atoms with E-state index in [1.54, 1.807) is 7.11 Å². The fourth-order valence-corrected chi connectivity index (χ4v) is 2.99. The Kier molecular flexibility index (Phi) is 4.54. The second-order valence-corrected chi connectivity index (χ2v) is 5.83. The standard InChI is InChI=1S/C15H23N5O2/c1-4-5-20-9-12(7-16-20)8-19-10-13(21-3)6-14(19)15-17-11(2)18-22-15/h7,9,13-14H,4-6,8,10H2,1-3H3/t13-,14-/m1/s1. The Morgan fingerprint density at radius 3 is 3.00 bits per heavy atom. The zero-order valence-corrected chi connectivity index (χ0v) is 13.4. The summed E-state index contributed by atoms with van der Waals surface area (Å²) in [5.41, 5.74) is 1.20. The van der Waals surface area contributed by atoms with Gasteiger partial charge in [0.05, 0.1) is 18.3 Å². The van der Waals surface area contributed by atoms with Crippen molar-refractivity contribution in [1.29, 1.82) is 0 Å². The van der Waals surface area contributed by atoms with Crippen LogP contribution in [0.4, 0.5) is 0 Å². The van der Waals surface area contributed by atoms with Crippen LogP contribution in [0.3, 0.4) is 0 Å². The molecule has 0 aromatic carbocycles. The Balaban J connectivity index is 1.74. The maximum absolute atomic E-state index is 5.53. The smallest absolute Gasteiger partial charge is 0.244 e. The van der Waals surface area contributed by atoms with Gasteiger partial charge in [0.2, 0.25) is 5.89 Å². The van der Waals surface area contributed by atoms with E-state index in [4.69, 9.17) is 9.26 Å². The van der Waals surface area contributed by atoms with Gasteiger partial charge in [-0.2, -0.15) is 10.1 Å². The van der Waals surface area contributed by atoms with E-state index >= 15 is 0 Å². The number of rotatable bonds is 6. The normalized spacial score (nSPS) is 22.5. The lowest BCUT2D eigenvalue weighted by Crippen LogP contribution is -2.24. The molecule has 1 saturated heterocycles. The largest absolute Gasteiger partial charge is 0.380 e. The molecule has 2 atom stereocenters. The van der Waals surface area contributed by atoms with E-state index in [0.717, 1.165) is 32.5 Å². The van der Waals surface area contributed by atoms with Crippen molar-refractivity contribution >= 4 is 0 Å². The summed E-state index contributed by atoms with van der Waals surface area (Å²) in [6.45, 7) is 6.62. The molecular weight excluding hydrogens is 282 g/mol. The molecule has 3 rings (SSSR count). The zero-order valence-electron chi connectivity index (χ0n) is 13.4. The fraction of sp³-hybridized carbons (Fsp3) is 0.667. The molecular formula is C15H23N5O2. The molecule has 0 aliphatic carbocycles. The third-order valence-electron chi connectivity index (χ3n) is 4.05. The number of aromatic nitrogens is 4. The number of methoxy groups -OCH3 is 1. The highest BCUT2D eigenvalue weighted by Crippen LogP contribution is 2.33. The molecule has 3 heterocycles. The summed E-state index contributed by atoms with van der Waals surface area (Å²) in [5, 5.41) is 8.31. The number of hydrogen-bond donors (Lipinski definition) is 0. The summed E-state index contributed by atoms with van der Waals surface area (Å²) in [4.78, 5) is 6.72. The second-order valence-electron chi connectivity index (χ2n) is 5.83. The van der Waals surface area contributed by atoms with Gasteiger partial charge in [-0.1, -0.05) is 12.1 Å². The van der Waals surface area contributed by atoms with Gasteiger partial charge in [0.15, 0.2) is 5.82 Å². The van der Waals surface area contributed by atoms with Crippen LogP contribution in [0, 0.1) is 6.92 Å². The number of likely N-dealkylation sites (tertiary alicyclic amines) is 1. The van der Waals surface area contributed by atoms with E-state index in [0.29, 0.717) is 11.7 Å². The average Bonchev–Trinajstić information content (AvgIpc) is 3.20. The molecule has 7 nitrogen and oxygen atoms in total. The van der Waals surface area contributed by atoms with Gasteiger partial charge in [-0.15, -0.1) is 0 Å². The van der Waals surface area contributed by atoms with E-state index < -0.39 is 0 Å². The predicted octanol–water partition coefficient (Wildman–Crippen LogP) is 1.95. The van der Waals surface area contributed by atoms with Crippen molar-refractivity contribution < 1.29 is 9.26 Å². The summed E-state index contributed by atoms with van der Waals surface area (Å²) < 4.78 is 12.9. The Hall–Kier alpha value is -1.73. The molecule has 120 valence electrons. The average molecular weight is 305 g/mol. The minimum atomic E-state index is 0.112. The Morgan fingerprint density at radius 1 is 1.45 bits per heavy atom. The minimum Gasteiger partial charge on any atom is -0.380 e. The van der Waals surface area contributed by atoms with E-state index in [-0.39, 0.29) is 12.1 Å². The lowest BCUT2D eigenvalue weighted by molar-refractivity contribution is 0.107. The van der Waals surface area contributed by atoms with Crippen molar-refractivity contribution in [3.63, 3.8) is 0 Å². The molecule has 0 bridgehead atoms. The highest BCUT2D eigenvalue weighted by atomic mass is 16.5. The first-order valence-corrected chi connectivity index (χ1v) is 7.78. The van der Waals surface area contributed by atoms with Gasteiger partial charge in [-0.25, -0.2) is 0 Å². The van der Waals surface area contributed by atoms with E-state index in [1.165, 1.54) is 5.56 Å². The van der Waals surface area contributed by atoms with Crippen LogP contribution in [-0.2, 0) is 17.8 Å². The number of nitrogens with zero attached hydrogens (tertiary/aromatic N) is 5. The Morgan fingerprint density at radius 2 is 2.32 bits per heavy atom. The molecule has 0 saturated carbocycles.